The Morgan fingerprint density at radius 2 is 2.23 bits per heavy atom. The number of alkyl halides is 1. The average molecular weight is 243 g/mol. The van der Waals surface area contributed by atoms with E-state index in [1.807, 2.05) is 6.33 Å². The monoisotopic (exact) mass is 242 g/mol. The van der Waals surface area contributed by atoms with E-state index in [1.165, 1.54) is 18.5 Å². The zero-order valence-electron chi connectivity index (χ0n) is 8.18. The van der Waals surface area contributed by atoms with Crippen LogP contribution in [0.25, 0.3) is 0 Å². The lowest BCUT2D eigenvalue weighted by Gasteiger charge is -2.13. The van der Waals surface area contributed by atoms with Crippen LogP contribution in [-0.4, -0.2) is 14.9 Å². The molecule has 1 saturated carbocycles. The molecule has 13 heavy (non-hydrogen) atoms. The Hall–Kier alpha value is -0.310. The van der Waals surface area contributed by atoms with Gasteiger partial charge in [-0.1, -0.05) is 15.9 Å². The Bertz CT molecular complexity index is 313. The summed E-state index contributed by atoms with van der Waals surface area (Å²) in [6.07, 6.45) is 4.68. The van der Waals surface area contributed by atoms with Gasteiger partial charge in [0.1, 0.15) is 0 Å². The van der Waals surface area contributed by atoms with Crippen LogP contribution in [0.1, 0.15) is 24.2 Å². The van der Waals surface area contributed by atoms with Crippen LogP contribution in [0, 0.1) is 19.3 Å². The molecular formula is C10H15BrN2. The standard InChI is InChI=1S/C10H15BrN2/c1-8-9(2)13(7-12-8)6-10(5-11)3-4-10/h7H,3-6H2,1-2H3. The summed E-state index contributed by atoms with van der Waals surface area (Å²) in [6.45, 7) is 5.34. The van der Waals surface area contributed by atoms with Gasteiger partial charge in [-0.05, 0) is 32.1 Å². The van der Waals surface area contributed by atoms with Crippen LogP contribution in [0.4, 0.5) is 0 Å². The lowest BCUT2D eigenvalue weighted by atomic mass is 10.1. The van der Waals surface area contributed by atoms with Crippen molar-refractivity contribution in [2.75, 3.05) is 5.33 Å². The van der Waals surface area contributed by atoms with E-state index in [1.54, 1.807) is 0 Å². The van der Waals surface area contributed by atoms with Gasteiger partial charge in [0, 0.05) is 17.6 Å². The minimum atomic E-state index is 0.540. The van der Waals surface area contributed by atoms with Crippen molar-refractivity contribution in [3.05, 3.63) is 17.7 Å². The largest absolute Gasteiger partial charge is 0.334 e. The van der Waals surface area contributed by atoms with Crippen LogP contribution < -0.4 is 0 Å². The highest BCUT2D eigenvalue weighted by atomic mass is 79.9. The van der Waals surface area contributed by atoms with E-state index in [0.29, 0.717) is 5.41 Å². The molecule has 0 atom stereocenters. The molecule has 0 unspecified atom stereocenters. The molecule has 3 heteroatoms. The van der Waals surface area contributed by atoms with E-state index in [9.17, 15) is 0 Å². The number of rotatable bonds is 3. The van der Waals surface area contributed by atoms with Gasteiger partial charge in [-0.25, -0.2) is 4.98 Å². The normalized spacial score (nSPS) is 19.0. The van der Waals surface area contributed by atoms with Crippen molar-refractivity contribution in [3.63, 3.8) is 0 Å². The lowest BCUT2D eigenvalue weighted by molar-refractivity contribution is 0.469. The third-order valence-corrected chi connectivity index (χ3v) is 4.28. The molecule has 2 nitrogen and oxygen atoms in total. The first kappa shape index (κ1) is 9.25. The van der Waals surface area contributed by atoms with E-state index in [-0.39, 0.29) is 0 Å². The van der Waals surface area contributed by atoms with Crippen molar-refractivity contribution in [3.8, 4) is 0 Å². The minimum Gasteiger partial charge on any atom is -0.334 e. The molecule has 1 heterocycles. The van der Waals surface area contributed by atoms with Gasteiger partial charge in [-0.2, -0.15) is 0 Å². The lowest BCUT2D eigenvalue weighted by Crippen LogP contribution is -2.13. The molecular weight excluding hydrogens is 228 g/mol. The molecule has 2 rings (SSSR count). The van der Waals surface area contributed by atoms with Crippen LogP contribution in [0.2, 0.25) is 0 Å². The summed E-state index contributed by atoms with van der Waals surface area (Å²) in [5.41, 5.74) is 3.01. The summed E-state index contributed by atoms with van der Waals surface area (Å²) in [5, 5.41) is 1.12. The predicted molar refractivity (Wildman–Crippen MR) is 57.2 cm³/mol. The fourth-order valence-electron chi connectivity index (χ4n) is 1.58. The highest BCUT2D eigenvalue weighted by Crippen LogP contribution is 2.48. The number of imidazole rings is 1. The Balaban J connectivity index is 2.14. The maximum absolute atomic E-state index is 4.31. The van der Waals surface area contributed by atoms with Gasteiger partial charge in [-0.15, -0.1) is 0 Å². The molecule has 0 aliphatic heterocycles. The third kappa shape index (κ3) is 1.66. The van der Waals surface area contributed by atoms with Gasteiger partial charge in [0.05, 0.1) is 12.0 Å². The van der Waals surface area contributed by atoms with Crippen LogP contribution in [0.3, 0.4) is 0 Å². The fourth-order valence-corrected chi connectivity index (χ4v) is 2.31. The number of aryl methyl sites for hydroxylation is 1. The summed E-state index contributed by atoms with van der Waals surface area (Å²) in [4.78, 5) is 4.31. The molecule has 0 spiro atoms. The number of nitrogens with zero attached hydrogens (tertiary/aromatic N) is 2. The number of hydrogen-bond acceptors (Lipinski definition) is 1. The molecule has 0 saturated heterocycles. The van der Waals surface area contributed by atoms with Gasteiger partial charge < -0.3 is 4.57 Å². The molecule has 1 fully saturated rings. The van der Waals surface area contributed by atoms with Crippen LogP contribution in [0.15, 0.2) is 6.33 Å². The Morgan fingerprint density at radius 3 is 2.62 bits per heavy atom. The van der Waals surface area contributed by atoms with Crippen LogP contribution in [-0.2, 0) is 6.54 Å². The van der Waals surface area contributed by atoms with E-state index < -0.39 is 0 Å². The Kier molecular flexibility index (Phi) is 2.22. The second-order valence-electron chi connectivity index (χ2n) is 4.18. The Labute approximate surface area is 87.5 Å². The van der Waals surface area contributed by atoms with Gasteiger partial charge in [0.25, 0.3) is 0 Å². The van der Waals surface area contributed by atoms with Gasteiger partial charge in [-0.3, -0.25) is 0 Å². The van der Waals surface area contributed by atoms with Crippen molar-refractivity contribution in [2.45, 2.75) is 33.2 Å². The molecule has 0 bridgehead atoms. The molecule has 1 aliphatic carbocycles. The summed E-state index contributed by atoms with van der Waals surface area (Å²) < 4.78 is 2.28. The predicted octanol–water partition coefficient (Wildman–Crippen LogP) is 2.68. The SMILES string of the molecule is Cc1ncn(CC2(CBr)CC2)c1C. The molecule has 72 valence electrons. The van der Waals surface area contributed by atoms with E-state index in [4.69, 9.17) is 0 Å². The molecule has 0 amide bonds. The molecule has 0 N–H and O–H groups in total. The molecule has 0 aromatic carbocycles. The quantitative estimate of drug-likeness (QED) is 0.746. The van der Waals surface area contributed by atoms with Gasteiger partial charge in [0.2, 0.25) is 0 Å². The topological polar surface area (TPSA) is 17.8 Å². The Morgan fingerprint density at radius 1 is 1.54 bits per heavy atom. The van der Waals surface area contributed by atoms with Gasteiger partial charge in [0.15, 0.2) is 0 Å². The fraction of sp³-hybridized carbons (Fsp3) is 0.700. The van der Waals surface area contributed by atoms with Crippen molar-refractivity contribution in [2.24, 2.45) is 5.41 Å². The summed E-state index contributed by atoms with van der Waals surface area (Å²) >= 11 is 3.59. The van der Waals surface area contributed by atoms with E-state index in [0.717, 1.165) is 17.6 Å². The maximum Gasteiger partial charge on any atom is 0.0951 e. The summed E-state index contributed by atoms with van der Waals surface area (Å²) in [7, 11) is 0. The third-order valence-electron chi connectivity index (χ3n) is 3.09. The second-order valence-corrected chi connectivity index (χ2v) is 4.74. The average Bonchev–Trinajstić information content (AvgIpc) is 2.85. The first-order valence-corrected chi connectivity index (χ1v) is 5.83. The smallest absolute Gasteiger partial charge is 0.0951 e. The van der Waals surface area contributed by atoms with Crippen LogP contribution >= 0.6 is 15.9 Å². The molecule has 0 radical (unpaired) electrons. The van der Waals surface area contributed by atoms with Crippen molar-refractivity contribution in [1.82, 2.24) is 9.55 Å². The number of halogens is 1. The highest BCUT2D eigenvalue weighted by Gasteiger charge is 2.41. The summed E-state index contributed by atoms with van der Waals surface area (Å²) in [5.74, 6) is 0. The van der Waals surface area contributed by atoms with Crippen molar-refractivity contribution < 1.29 is 0 Å². The van der Waals surface area contributed by atoms with E-state index >= 15 is 0 Å². The number of aromatic nitrogens is 2. The highest BCUT2D eigenvalue weighted by molar-refractivity contribution is 9.09. The zero-order valence-corrected chi connectivity index (χ0v) is 9.76. The minimum absolute atomic E-state index is 0.540. The summed E-state index contributed by atoms with van der Waals surface area (Å²) in [6, 6.07) is 0. The van der Waals surface area contributed by atoms with Crippen LogP contribution in [0.5, 0.6) is 0 Å². The van der Waals surface area contributed by atoms with Crippen molar-refractivity contribution in [1.29, 1.82) is 0 Å². The van der Waals surface area contributed by atoms with E-state index in [2.05, 4.69) is 39.3 Å². The first-order valence-electron chi connectivity index (χ1n) is 4.71. The van der Waals surface area contributed by atoms with Gasteiger partial charge >= 0.3 is 0 Å². The van der Waals surface area contributed by atoms with Crippen molar-refractivity contribution >= 4 is 15.9 Å². The number of hydrogen-bond donors (Lipinski definition) is 0. The molecule has 1 aromatic heterocycles. The maximum atomic E-state index is 4.31. The molecule has 1 aromatic rings. The molecule has 1 aliphatic rings. The second kappa shape index (κ2) is 3.12. The zero-order chi connectivity index (χ0) is 9.47. The first-order chi connectivity index (χ1) is 6.17.